The van der Waals surface area contributed by atoms with Gasteiger partial charge in [-0.05, 0) is 30.5 Å². The number of aryl methyl sites for hydroxylation is 1. The van der Waals surface area contributed by atoms with Crippen molar-refractivity contribution in [3.63, 3.8) is 0 Å². The van der Waals surface area contributed by atoms with E-state index in [9.17, 15) is 4.79 Å². The number of rotatable bonds is 6. The summed E-state index contributed by atoms with van der Waals surface area (Å²) in [7, 11) is 1.65. The van der Waals surface area contributed by atoms with Crippen LogP contribution in [0.1, 0.15) is 25.3 Å². The van der Waals surface area contributed by atoms with Gasteiger partial charge in [0, 0.05) is 13.5 Å². The molecule has 88 valence electrons. The summed E-state index contributed by atoms with van der Waals surface area (Å²) in [6.07, 6.45) is 2.27. The van der Waals surface area contributed by atoms with E-state index in [1.165, 1.54) is 5.56 Å². The highest BCUT2D eigenvalue weighted by atomic mass is 16.5. The van der Waals surface area contributed by atoms with Gasteiger partial charge in [0.25, 0.3) is 0 Å². The Bertz CT molecular complexity index is 336. The van der Waals surface area contributed by atoms with Crippen LogP contribution in [-0.4, -0.2) is 19.6 Å². The molecule has 3 nitrogen and oxygen atoms in total. The van der Waals surface area contributed by atoms with Crippen LogP contribution in [0.3, 0.4) is 0 Å². The molecule has 0 aromatic heterocycles. The van der Waals surface area contributed by atoms with Crippen molar-refractivity contribution in [2.24, 2.45) is 0 Å². The second-order valence-corrected chi connectivity index (χ2v) is 3.63. The fraction of sp³-hybridized carbons (Fsp3) is 0.462. The molecule has 0 bridgehead atoms. The highest BCUT2D eigenvalue weighted by Gasteiger charge is 1.99. The second-order valence-electron chi connectivity index (χ2n) is 3.63. The summed E-state index contributed by atoms with van der Waals surface area (Å²) in [6.45, 7) is 2.70. The summed E-state index contributed by atoms with van der Waals surface area (Å²) in [5.74, 6) is 0.946. The van der Waals surface area contributed by atoms with Crippen LogP contribution in [-0.2, 0) is 11.2 Å². The highest BCUT2D eigenvalue weighted by Crippen LogP contribution is 2.13. The van der Waals surface area contributed by atoms with Crippen LogP contribution in [0, 0.1) is 0 Å². The summed E-state index contributed by atoms with van der Waals surface area (Å²) in [6, 6.07) is 8.06. The second kappa shape index (κ2) is 6.88. The minimum atomic E-state index is 0.0610. The minimum Gasteiger partial charge on any atom is -0.494 e. The average Bonchev–Trinajstić information content (AvgIpc) is 2.34. The van der Waals surface area contributed by atoms with Gasteiger partial charge in [-0.15, -0.1) is 0 Å². The smallest absolute Gasteiger partial charge is 0.219 e. The van der Waals surface area contributed by atoms with Crippen molar-refractivity contribution in [3.05, 3.63) is 29.8 Å². The van der Waals surface area contributed by atoms with E-state index in [1.54, 1.807) is 7.05 Å². The fourth-order valence-electron chi connectivity index (χ4n) is 1.40. The maximum atomic E-state index is 11.0. The van der Waals surface area contributed by atoms with Gasteiger partial charge in [0.15, 0.2) is 0 Å². The van der Waals surface area contributed by atoms with Crippen LogP contribution in [0.2, 0.25) is 0 Å². The molecule has 16 heavy (non-hydrogen) atoms. The van der Waals surface area contributed by atoms with E-state index < -0.39 is 0 Å². The van der Waals surface area contributed by atoms with Crippen molar-refractivity contribution in [2.75, 3.05) is 13.7 Å². The molecule has 0 unspecified atom stereocenters. The van der Waals surface area contributed by atoms with Gasteiger partial charge in [0.2, 0.25) is 5.91 Å². The molecule has 0 saturated heterocycles. The lowest BCUT2D eigenvalue weighted by Gasteiger charge is -2.06. The van der Waals surface area contributed by atoms with E-state index in [4.69, 9.17) is 4.74 Å². The lowest BCUT2D eigenvalue weighted by atomic mass is 10.2. The average molecular weight is 221 g/mol. The van der Waals surface area contributed by atoms with Crippen molar-refractivity contribution in [1.82, 2.24) is 5.32 Å². The summed E-state index contributed by atoms with van der Waals surface area (Å²) >= 11 is 0. The number of hydrogen-bond donors (Lipinski definition) is 1. The predicted octanol–water partition coefficient (Wildman–Crippen LogP) is 2.15. The van der Waals surface area contributed by atoms with Gasteiger partial charge in [0.1, 0.15) is 5.75 Å². The van der Waals surface area contributed by atoms with Gasteiger partial charge >= 0.3 is 0 Å². The van der Waals surface area contributed by atoms with Crippen molar-refractivity contribution < 1.29 is 9.53 Å². The van der Waals surface area contributed by atoms with Crippen LogP contribution in [0.15, 0.2) is 24.3 Å². The Morgan fingerprint density at radius 2 is 2.25 bits per heavy atom. The van der Waals surface area contributed by atoms with E-state index >= 15 is 0 Å². The van der Waals surface area contributed by atoms with E-state index in [0.717, 1.165) is 18.6 Å². The number of amides is 1. The lowest BCUT2D eigenvalue weighted by molar-refractivity contribution is -0.120. The fourth-order valence-corrected chi connectivity index (χ4v) is 1.40. The molecule has 1 rings (SSSR count). The molecule has 3 heteroatoms. The summed E-state index contributed by atoms with van der Waals surface area (Å²) < 4.78 is 5.56. The van der Waals surface area contributed by atoms with E-state index in [-0.39, 0.29) is 5.91 Å². The number of nitrogens with one attached hydrogen (secondary N) is 1. The zero-order chi connectivity index (χ0) is 11.8. The third-order valence-corrected chi connectivity index (χ3v) is 2.40. The lowest BCUT2D eigenvalue weighted by Crippen LogP contribution is -2.18. The molecule has 0 heterocycles. The number of hydrogen-bond acceptors (Lipinski definition) is 2. The van der Waals surface area contributed by atoms with Crippen LogP contribution in [0.5, 0.6) is 5.75 Å². The number of carbonyl (C=O) groups is 1. The van der Waals surface area contributed by atoms with Gasteiger partial charge in [-0.2, -0.15) is 0 Å². The summed E-state index contributed by atoms with van der Waals surface area (Å²) in [4.78, 5) is 11.0. The molecule has 1 aromatic carbocycles. The van der Waals surface area contributed by atoms with Gasteiger partial charge in [0.05, 0.1) is 6.61 Å². The van der Waals surface area contributed by atoms with Crippen LogP contribution < -0.4 is 10.1 Å². The normalized spacial score (nSPS) is 9.88. The van der Waals surface area contributed by atoms with E-state index in [1.807, 2.05) is 18.2 Å². The SMILES string of the molecule is CCc1cccc(OCCCC(=O)NC)c1. The predicted molar refractivity (Wildman–Crippen MR) is 64.6 cm³/mol. The quantitative estimate of drug-likeness (QED) is 0.747. The Hall–Kier alpha value is -1.51. The molecule has 0 atom stereocenters. The van der Waals surface area contributed by atoms with Gasteiger partial charge in [-0.3, -0.25) is 4.79 Å². The Labute approximate surface area is 96.8 Å². The molecule has 0 spiro atoms. The minimum absolute atomic E-state index is 0.0610. The highest BCUT2D eigenvalue weighted by molar-refractivity contribution is 5.75. The first-order chi connectivity index (χ1) is 7.76. The topological polar surface area (TPSA) is 38.3 Å². The monoisotopic (exact) mass is 221 g/mol. The molecule has 1 aromatic rings. The van der Waals surface area contributed by atoms with E-state index in [2.05, 4.69) is 18.3 Å². The maximum absolute atomic E-state index is 11.0. The first-order valence-corrected chi connectivity index (χ1v) is 5.68. The zero-order valence-corrected chi connectivity index (χ0v) is 9.95. The molecule has 0 radical (unpaired) electrons. The number of carbonyl (C=O) groups excluding carboxylic acids is 1. The number of ether oxygens (including phenoxy) is 1. The summed E-state index contributed by atoms with van der Waals surface area (Å²) in [5, 5.41) is 2.59. The van der Waals surface area contributed by atoms with Gasteiger partial charge in [-0.25, -0.2) is 0 Å². The molecule has 0 aliphatic rings. The van der Waals surface area contributed by atoms with Crippen LogP contribution >= 0.6 is 0 Å². The third kappa shape index (κ3) is 4.34. The van der Waals surface area contributed by atoms with Crippen LogP contribution in [0.25, 0.3) is 0 Å². The summed E-state index contributed by atoms with van der Waals surface area (Å²) in [5.41, 5.74) is 1.27. The third-order valence-electron chi connectivity index (χ3n) is 2.40. The van der Waals surface area contributed by atoms with E-state index in [0.29, 0.717) is 13.0 Å². The number of benzene rings is 1. The van der Waals surface area contributed by atoms with Crippen molar-refractivity contribution in [3.8, 4) is 5.75 Å². The molecule has 0 aliphatic heterocycles. The van der Waals surface area contributed by atoms with Crippen molar-refractivity contribution in [1.29, 1.82) is 0 Å². The van der Waals surface area contributed by atoms with Crippen LogP contribution in [0.4, 0.5) is 0 Å². The van der Waals surface area contributed by atoms with Crippen molar-refractivity contribution in [2.45, 2.75) is 26.2 Å². The Morgan fingerprint density at radius 1 is 1.44 bits per heavy atom. The Kier molecular flexibility index (Phi) is 5.40. The zero-order valence-electron chi connectivity index (χ0n) is 9.95. The molecular weight excluding hydrogens is 202 g/mol. The molecule has 1 amide bonds. The maximum Gasteiger partial charge on any atom is 0.219 e. The van der Waals surface area contributed by atoms with Gasteiger partial charge in [-0.1, -0.05) is 19.1 Å². The van der Waals surface area contributed by atoms with Gasteiger partial charge < -0.3 is 10.1 Å². The molecule has 1 N–H and O–H groups in total. The molecule has 0 saturated carbocycles. The first kappa shape index (κ1) is 12.6. The largest absolute Gasteiger partial charge is 0.494 e. The molecule has 0 fully saturated rings. The van der Waals surface area contributed by atoms with Crippen molar-refractivity contribution >= 4 is 5.91 Å². The first-order valence-electron chi connectivity index (χ1n) is 5.68. The Balaban J connectivity index is 2.28. The Morgan fingerprint density at radius 3 is 2.94 bits per heavy atom. The standard InChI is InChI=1S/C13H19NO2/c1-3-11-6-4-7-12(10-11)16-9-5-8-13(15)14-2/h4,6-7,10H,3,5,8-9H2,1-2H3,(H,14,15). The molecular formula is C13H19NO2. The molecule has 0 aliphatic carbocycles.